The molecule has 6 rings (SSSR count). The Kier molecular flexibility index (Phi) is 5.67. The number of ether oxygens (including phenoxy) is 1. The highest BCUT2D eigenvalue weighted by Gasteiger charge is 2.47. The summed E-state index contributed by atoms with van der Waals surface area (Å²) in [5, 5.41) is 2.38. The van der Waals surface area contributed by atoms with Crippen LogP contribution >= 0.6 is 0 Å². The van der Waals surface area contributed by atoms with Crippen LogP contribution in [0, 0.1) is 5.41 Å². The summed E-state index contributed by atoms with van der Waals surface area (Å²) in [6.07, 6.45) is 4.86. The molecule has 1 aromatic heterocycles. The molecule has 1 aromatic carbocycles. The predicted octanol–water partition coefficient (Wildman–Crippen LogP) is 1.95. The van der Waals surface area contributed by atoms with E-state index in [4.69, 9.17) is 4.74 Å². The van der Waals surface area contributed by atoms with Gasteiger partial charge >= 0.3 is 0 Å². The molecule has 0 saturated carbocycles. The molecule has 0 aliphatic carbocycles. The molecule has 3 saturated heterocycles. The highest BCUT2D eigenvalue weighted by Crippen LogP contribution is 2.45. The summed E-state index contributed by atoms with van der Waals surface area (Å²) in [5.74, 6) is -0.106. The normalized spacial score (nSPS) is 23.5. The molecule has 5 heterocycles. The number of fused-ring (bicyclic) bond motifs is 1. The molecule has 0 bridgehead atoms. The number of benzene rings is 1. The van der Waals surface area contributed by atoms with Crippen molar-refractivity contribution < 1.29 is 19.1 Å². The first-order valence-electron chi connectivity index (χ1n) is 12.7. The van der Waals surface area contributed by atoms with Crippen LogP contribution < -0.4 is 15.0 Å². The Morgan fingerprint density at radius 1 is 1.11 bits per heavy atom. The molecule has 9 heteroatoms. The molecular weight excluding hydrogens is 458 g/mol. The highest BCUT2D eigenvalue weighted by molar-refractivity contribution is 6.06. The molecule has 3 amide bonds. The molecule has 9 nitrogen and oxygen atoms in total. The number of carbonyl (C=O) groups is 3. The number of hydrogen-bond donors (Lipinski definition) is 1. The van der Waals surface area contributed by atoms with E-state index in [1.807, 2.05) is 24.4 Å². The van der Waals surface area contributed by atoms with Gasteiger partial charge in [-0.2, -0.15) is 0 Å². The van der Waals surface area contributed by atoms with Gasteiger partial charge in [-0.1, -0.05) is 12.1 Å². The lowest BCUT2D eigenvalue weighted by molar-refractivity contribution is -0.136. The van der Waals surface area contributed by atoms with Crippen molar-refractivity contribution >= 4 is 23.4 Å². The maximum Gasteiger partial charge on any atom is 0.255 e. The molecule has 4 aliphatic heterocycles. The van der Waals surface area contributed by atoms with Crippen LogP contribution in [0.2, 0.25) is 0 Å². The van der Waals surface area contributed by atoms with Gasteiger partial charge in [-0.15, -0.1) is 0 Å². The molecule has 36 heavy (non-hydrogen) atoms. The number of amides is 3. The summed E-state index contributed by atoms with van der Waals surface area (Å²) >= 11 is 0. The van der Waals surface area contributed by atoms with E-state index in [9.17, 15) is 14.4 Å². The third kappa shape index (κ3) is 4.01. The van der Waals surface area contributed by atoms with Gasteiger partial charge in [0.1, 0.15) is 6.04 Å². The van der Waals surface area contributed by atoms with Crippen LogP contribution in [0.4, 0.5) is 5.69 Å². The monoisotopic (exact) mass is 489 g/mol. The largest absolute Gasteiger partial charge is 0.481 e. The topological polar surface area (TPSA) is 95.1 Å². The van der Waals surface area contributed by atoms with E-state index in [1.165, 1.54) is 5.56 Å². The molecule has 1 atom stereocenters. The van der Waals surface area contributed by atoms with Crippen LogP contribution in [0.3, 0.4) is 0 Å². The van der Waals surface area contributed by atoms with Gasteiger partial charge in [0.05, 0.1) is 7.11 Å². The van der Waals surface area contributed by atoms with Crippen molar-refractivity contribution in [3.63, 3.8) is 0 Å². The zero-order valence-electron chi connectivity index (χ0n) is 20.5. The molecular formula is C27H31N5O4. The van der Waals surface area contributed by atoms with E-state index < -0.39 is 6.04 Å². The molecule has 0 radical (unpaired) electrons. The van der Waals surface area contributed by atoms with Crippen molar-refractivity contribution in [1.29, 1.82) is 0 Å². The van der Waals surface area contributed by atoms with Crippen LogP contribution in [-0.4, -0.2) is 71.8 Å². The SMILES string of the molecule is COc1ccc(CN2CCC3(CC2)CN(c2cccc4c2CN(C2CCC(=O)NC2=O)C4=O)C3)cn1. The standard InChI is InChI=1S/C27H31N5O4/c1-36-24-8-5-18(13-28-24)14-30-11-9-27(10-12-30)16-31(17-27)21-4-2-3-19-20(21)15-32(26(19)35)22-6-7-23(33)29-25(22)34/h2-5,8,13,22H,6-7,9-12,14-17H2,1H3,(H,29,33,34). The van der Waals surface area contributed by atoms with Gasteiger partial charge in [0.15, 0.2) is 0 Å². The van der Waals surface area contributed by atoms with E-state index in [0.29, 0.717) is 29.8 Å². The Morgan fingerprint density at radius 2 is 1.92 bits per heavy atom. The first-order chi connectivity index (χ1) is 17.4. The van der Waals surface area contributed by atoms with E-state index in [2.05, 4.69) is 32.2 Å². The Hall–Kier alpha value is -3.46. The van der Waals surface area contributed by atoms with Crippen LogP contribution in [0.15, 0.2) is 36.5 Å². The highest BCUT2D eigenvalue weighted by atomic mass is 16.5. The zero-order valence-corrected chi connectivity index (χ0v) is 20.5. The maximum atomic E-state index is 13.1. The second kappa shape index (κ2) is 8.89. The number of likely N-dealkylation sites (tertiary alicyclic amines) is 1. The van der Waals surface area contributed by atoms with Crippen LogP contribution in [0.5, 0.6) is 5.88 Å². The molecule has 2 aromatic rings. The van der Waals surface area contributed by atoms with E-state index in [-0.39, 0.29) is 24.1 Å². The first kappa shape index (κ1) is 23.0. The Bertz CT molecular complexity index is 1200. The van der Waals surface area contributed by atoms with Gasteiger partial charge in [0.25, 0.3) is 5.91 Å². The maximum absolute atomic E-state index is 13.1. The van der Waals surface area contributed by atoms with E-state index in [1.54, 1.807) is 12.0 Å². The summed E-state index contributed by atoms with van der Waals surface area (Å²) in [7, 11) is 1.63. The minimum atomic E-state index is -0.580. The number of anilines is 1. The number of carbonyl (C=O) groups excluding carboxylic acids is 3. The molecule has 1 spiro atoms. The number of nitrogens with zero attached hydrogens (tertiary/aromatic N) is 4. The number of nitrogens with one attached hydrogen (secondary N) is 1. The van der Waals surface area contributed by atoms with Crippen molar-refractivity contribution in [1.82, 2.24) is 20.1 Å². The lowest BCUT2D eigenvalue weighted by atomic mass is 9.71. The Balaban J connectivity index is 1.08. The summed E-state index contributed by atoms with van der Waals surface area (Å²) in [5.41, 5.74) is 4.32. The molecule has 4 aliphatic rings. The van der Waals surface area contributed by atoms with E-state index >= 15 is 0 Å². The van der Waals surface area contributed by atoms with Crippen LogP contribution in [0.1, 0.15) is 47.2 Å². The van der Waals surface area contributed by atoms with Crippen molar-refractivity contribution in [3.8, 4) is 5.88 Å². The molecule has 3 fully saturated rings. The summed E-state index contributed by atoms with van der Waals surface area (Å²) < 4.78 is 5.15. The number of rotatable bonds is 5. The first-order valence-corrected chi connectivity index (χ1v) is 12.7. The fourth-order valence-electron chi connectivity index (χ4n) is 6.18. The minimum absolute atomic E-state index is 0.113. The number of piperidine rings is 2. The Morgan fingerprint density at radius 3 is 2.61 bits per heavy atom. The lowest BCUT2D eigenvalue weighted by Crippen LogP contribution is -2.60. The third-order valence-corrected chi connectivity index (χ3v) is 8.28. The Labute approximate surface area is 210 Å². The second-order valence-electron chi connectivity index (χ2n) is 10.5. The number of hydrogen-bond acceptors (Lipinski definition) is 7. The van der Waals surface area contributed by atoms with Gasteiger partial charge in [-0.3, -0.25) is 24.6 Å². The summed E-state index contributed by atoms with van der Waals surface area (Å²) in [6, 6.07) is 9.30. The van der Waals surface area contributed by atoms with Gasteiger partial charge < -0.3 is 14.5 Å². The number of methoxy groups -OCH3 is 1. The number of aromatic nitrogens is 1. The molecule has 1 unspecified atom stereocenters. The zero-order chi connectivity index (χ0) is 24.9. The van der Waals surface area contributed by atoms with Crippen molar-refractivity contribution in [2.75, 3.05) is 38.2 Å². The number of imide groups is 1. The summed E-state index contributed by atoms with van der Waals surface area (Å²) in [4.78, 5) is 47.9. The van der Waals surface area contributed by atoms with Crippen molar-refractivity contribution in [2.45, 2.75) is 44.8 Å². The summed E-state index contributed by atoms with van der Waals surface area (Å²) in [6.45, 7) is 5.44. The smallest absolute Gasteiger partial charge is 0.255 e. The minimum Gasteiger partial charge on any atom is -0.481 e. The van der Waals surface area contributed by atoms with E-state index in [0.717, 1.165) is 56.8 Å². The molecule has 1 N–H and O–H groups in total. The van der Waals surface area contributed by atoms with Crippen LogP contribution in [-0.2, 0) is 22.7 Å². The second-order valence-corrected chi connectivity index (χ2v) is 10.5. The van der Waals surface area contributed by atoms with Gasteiger partial charge in [-0.25, -0.2) is 4.98 Å². The van der Waals surface area contributed by atoms with Gasteiger partial charge in [0.2, 0.25) is 17.7 Å². The lowest BCUT2D eigenvalue weighted by Gasteiger charge is -2.55. The fourth-order valence-corrected chi connectivity index (χ4v) is 6.18. The van der Waals surface area contributed by atoms with Crippen molar-refractivity contribution in [3.05, 3.63) is 53.2 Å². The van der Waals surface area contributed by atoms with Gasteiger partial charge in [0, 0.05) is 67.1 Å². The van der Waals surface area contributed by atoms with Crippen LogP contribution in [0.25, 0.3) is 0 Å². The van der Waals surface area contributed by atoms with Gasteiger partial charge in [-0.05, 0) is 50.0 Å². The predicted molar refractivity (Wildman–Crippen MR) is 132 cm³/mol. The average Bonchev–Trinajstić information content (AvgIpc) is 3.20. The molecule has 188 valence electrons. The number of pyridine rings is 1. The fraction of sp³-hybridized carbons (Fsp3) is 0.481. The third-order valence-electron chi connectivity index (χ3n) is 8.28. The average molecular weight is 490 g/mol. The quantitative estimate of drug-likeness (QED) is 0.642. The van der Waals surface area contributed by atoms with Crippen molar-refractivity contribution in [2.24, 2.45) is 5.41 Å².